The van der Waals surface area contributed by atoms with Crippen LogP contribution in [0.4, 0.5) is 0 Å². The third kappa shape index (κ3) is 2.79. The Bertz CT molecular complexity index is 303. The van der Waals surface area contributed by atoms with Gasteiger partial charge in [0.15, 0.2) is 5.89 Å². The molecule has 0 bridgehead atoms. The van der Waals surface area contributed by atoms with Gasteiger partial charge in [-0.25, -0.2) is 4.98 Å². The first-order valence-electron chi connectivity index (χ1n) is 5.51. The van der Waals surface area contributed by atoms with Gasteiger partial charge in [-0.3, -0.25) is 0 Å². The van der Waals surface area contributed by atoms with Crippen LogP contribution >= 0.6 is 0 Å². The molecule has 0 aliphatic carbocycles. The molecule has 0 amide bonds. The van der Waals surface area contributed by atoms with E-state index in [2.05, 4.69) is 16.9 Å². The highest BCUT2D eigenvalue weighted by molar-refractivity contribution is 4.93. The highest BCUT2D eigenvalue weighted by atomic mass is 16.4. The van der Waals surface area contributed by atoms with E-state index < -0.39 is 0 Å². The SMILES string of the molecule is CN1CCC(Cc2ncc(CO)o2)CC1. The first-order valence-corrected chi connectivity index (χ1v) is 5.51. The molecule has 1 aliphatic heterocycles. The molecule has 1 N–H and O–H groups in total. The molecule has 0 radical (unpaired) electrons. The van der Waals surface area contributed by atoms with Crippen LogP contribution in [-0.4, -0.2) is 35.1 Å². The number of aliphatic hydroxyl groups excluding tert-OH is 1. The summed E-state index contributed by atoms with van der Waals surface area (Å²) in [6.07, 6.45) is 4.96. The highest BCUT2D eigenvalue weighted by Gasteiger charge is 2.18. The molecule has 0 aromatic carbocycles. The molecule has 84 valence electrons. The van der Waals surface area contributed by atoms with Crippen molar-refractivity contribution in [2.75, 3.05) is 20.1 Å². The van der Waals surface area contributed by atoms with Gasteiger partial charge < -0.3 is 14.4 Å². The van der Waals surface area contributed by atoms with Crippen LogP contribution in [0, 0.1) is 5.92 Å². The first-order chi connectivity index (χ1) is 7.28. The number of rotatable bonds is 3. The number of nitrogens with zero attached hydrogens (tertiary/aromatic N) is 2. The van der Waals surface area contributed by atoms with Crippen molar-refractivity contribution in [2.24, 2.45) is 5.92 Å². The average molecular weight is 210 g/mol. The molecular formula is C11H18N2O2. The standard InChI is InChI=1S/C11H18N2O2/c1-13-4-2-9(3-5-13)6-11-12-7-10(8-14)15-11/h7,9,14H,2-6,8H2,1H3. The van der Waals surface area contributed by atoms with Crippen molar-refractivity contribution in [1.82, 2.24) is 9.88 Å². The van der Waals surface area contributed by atoms with Gasteiger partial charge in [0.05, 0.1) is 6.20 Å². The Morgan fingerprint density at radius 3 is 2.87 bits per heavy atom. The van der Waals surface area contributed by atoms with Crippen molar-refractivity contribution < 1.29 is 9.52 Å². The van der Waals surface area contributed by atoms with E-state index in [0.29, 0.717) is 11.7 Å². The maximum Gasteiger partial charge on any atom is 0.194 e. The van der Waals surface area contributed by atoms with Crippen molar-refractivity contribution in [3.63, 3.8) is 0 Å². The fourth-order valence-electron chi connectivity index (χ4n) is 2.03. The summed E-state index contributed by atoms with van der Waals surface area (Å²) in [7, 11) is 2.16. The van der Waals surface area contributed by atoms with Crippen molar-refractivity contribution in [3.05, 3.63) is 17.8 Å². The van der Waals surface area contributed by atoms with E-state index >= 15 is 0 Å². The summed E-state index contributed by atoms with van der Waals surface area (Å²) in [5.41, 5.74) is 0. The lowest BCUT2D eigenvalue weighted by Crippen LogP contribution is -2.30. The molecule has 1 saturated heterocycles. The van der Waals surface area contributed by atoms with Crippen LogP contribution in [0.15, 0.2) is 10.6 Å². The first kappa shape index (κ1) is 10.6. The molecule has 1 fully saturated rings. The molecule has 2 rings (SSSR count). The molecule has 2 heterocycles. The molecule has 0 spiro atoms. The summed E-state index contributed by atoms with van der Waals surface area (Å²) in [5.74, 6) is 2.03. The molecule has 0 unspecified atom stereocenters. The van der Waals surface area contributed by atoms with E-state index in [9.17, 15) is 0 Å². The third-order valence-electron chi connectivity index (χ3n) is 3.06. The fraction of sp³-hybridized carbons (Fsp3) is 0.727. The Balaban J connectivity index is 1.86. The maximum atomic E-state index is 8.85. The topological polar surface area (TPSA) is 49.5 Å². The molecule has 1 aliphatic rings. The second-order valence-electron chi connectivity index (χ2n) is 4.33. The van der Waals surface area contributed by atoms with Gasteiger partial charge in [-0.15, -0.1) is 0 Å². The molecule has 4 heteroatoms. The summed E-state index contributed by atoms with van der Waals surface area (Å²) in [4.78, 5) is 6.51. The molecule has 1 aromatic heterocycles. The summed E-state index contributed by atoms with van der Waals surface area (Å²) >= 11 is 0. The molecule has 0 atom stereocenters. The number of aliphatic hydroxyl groups is 1. The minimum absolute atomic E-state index is 0.0552. The number of likely N-dealkylation sites (tertiary alicyclic amines) is 1. The Kier molecular flexibility index (Phi) is 3.38. The van der Waals surface area contributed by atoms with Crippen molar-refractivity contribution >= 4 is 0 Å². The number of oxazole rings is 1. The molecule has 4 nitrogen and oxygen atoms in total. The zero-order chi connectivity index (χ0) is 10.7. The summed E-state index contributed by atoms with van der Waals surface area (Å²) < 4.78 is 5.39. The third-order valence-corrected chi connectivity index (χ3v) is 3.06. The number of aromatic nitrogens is 1. The van der Waals surface area contributed by atoms with Crippen LogP contribution in [-0.2, 0) is 13.0 Å². The monoisotopic (exact) mass is 210 g/mol. The van der Waals surface area contributed by atoms with Gasteiger partial charge in [0.2, 0.25) is 0 Å². The van der Waals surface area contributed by atoms with Crippen molar-refractivity contribution in [3.8, 4) is 0 Å². The van der Waals surface area contributed by atoms with E-state index in [1.165, 1.54) is 12.8 Å². The van der Waals surface area contributed by atoms with Gasteiger partial charge in [0.1, 0.15) is 12.4 Å². The van der Waals surface area contributed by atoms with Gasteiger partial charge in [-0.05, 0) is 38.9 Å². The Labute approximate surface area is 89.9 Å². The molecular weight excluding hydrogens is 192 g/mol. The lowest BCUT2D eigenvalue weighted by atomic mass is 9.94. The minimum atomic E-state index is -0.0552. The average Bonchev–Trinajstić information content (AvgIpc) is 2.69. The largest absolute Gasteiger partial charge is 0.443 e. The lowest BCUT2D eigenvalue weighted by Gasteiger charge is -2.28. The zero-order valence-corrected chi connectivity index (χ0v) is 9.15. The van der Waals surface area contributed by atoms with E-state index in [-0.39, 0.29) is 6.61 Å². The Morgan fingerprint density at radius 2 is 2.27 bits per heavy atom. The lowest BCUT2D eigenvalue weighted by molar-refractivity contribution is 0.206. The summed E-state index contributed by atoms with van der Waals surface area (Å²) in [5, 5.41) is 8.85. The van der Waals surface area contributed by atoms with Gasteiger partial charge in [-0.1, -0.05) is 0 Å². The second-order valence-corrected chi connectivity index (χ2v) is 4.33. The zero-order valence-electron chi connectivity index (χ0n) is 9.15. The second kappa shape index (κ2) is 4.77. The number of hydrogen-bond donors (Lipinski definition) is 1. The maximum absolute atomic E-state index is 8.85. The van der Waals surface area contributed by atoms with Crippen molar-refractivity contribution in [1.29, 1.82) is 0 Å². The van der Waals surface area contributed by atoms with Gasteiger partial charge in [0.25, 0.3) is 0 Å². The van der Waals surface area contributed by atoms with Crippen LogP contribution < -0.4 is 0 Å². The molecule has 15 heavy (non-hydrogen) atoms. The van der Waals surface area contributed by atoms with E-state index in [4.69, 9.17) is 9.52 Å². The highest BCUT2D eigenvalue weighted by Crippen LogP contribution is 2.20. The van der Waals surface area contributed by atoms with Gasteiger partial charge >= 0.3 is 0 Å². The summed E-state index contributed by atoms with van der Waals surface area (Å²) in [6, 6.07) is 0. The smallest absolute Gasteiger partial charge is 0.194 e. The normalized spacial score (nSPS) is 19.6. The van der Waals surface area contributed by atoms with Gasteiger partial charge in [-0.2, -0.15) is 0 Å². The number of hydrogen-bond acceptors (Lipinski definition) is 4. The minimum Gasteiger partial charge on any atom is -0.443 e. The van der Waals surface area contributed by atoms with Crippen LogP contribution in [0.3, 0.4) is 0 Å². The van der Waals surface area contributed by atoms with E-state index in [1.54, 1.807) is 6.20 Å². The van der Waals surface area contributed by atoms with Crippen LogP contribution in [0.25, 0.3) is 0 Å². The van der Waals surface area contributed by atoms with Crippen LogP contribution in [0.1, 0.15) is 24.5 Å². The summed E-state index contributed by atoms with van der Waals surface area (Å²) in [6.45, 7) is 2.27. The Hall–Kier alpha value is -0.870. The number of piperidine rings is 1. The van der Waals surface area contributed by atoms with E-state index in [0.717, 1.165) is 25.4 Å². The Morgan fingerprint density at radius 1 is 1.53 bits per heavy atom. The van der Waals surface area contributed by atoms with Gasteiger partial charge in [0, 0.05) is 6.42 Å². The van der Waals surface area contributed by atoms with Crippen molar-refractivity contribution in [2.45, 2.75) is 25.9 Å². The molecule has 0 saturated carbocycles. The van der Waals surface area contributed by atoms with Crippen LogP contribution in [0.5, 0.6) is 0 Å². The fourth-order valence-corrected chi connectivity index (χ4v) is 2.03. The van der Waals surface area contributed by atoms with E-state index in [1.807, 2.05) is 0 Å². The van der Waals surface area contributed by atoms with Crippen LogP contribution in [0.2, 0.25) is 0 Å². The quantitative estimate of drug-likeness (QED) is 0.810. The predicted molar refractivity (Wildman–Crippen MR) is 56.4 cm³/mol. The molecule has 1 aromatic rings. The predicted octanol–water partition coefficient (Wildman–Crippen LogP) is 1.05.